The lowest BCUT2D eigenvalue weighted by atomic mass is 9.89. The number of hydrogen-bond acceptors (Lipinski definition) is 7. The maximum Gasteiger partial charge on any atom is 0.237 e. The molecule has 1 aliphatic heterocycles. The molecule has 0 unspecified atom stereocenters. The van der Waals surface area contributed by atoms with E-state index in [0.29, 0.717) is 23.4 Å². The molecule has 0 aliphatic carbocycles. The van der Waals surface area contributed by atoms with E-state index in [-0.39, 0.29) is 0 Å². The summed E-state index contributed by atoms with van der Waals surface area (Å²) in [5.74, 6) is 1.75. The van der Waals surface area contributed by atoms with Crippen molar-refractivity contribution in [3.8, 4) is 0 Å². The van der Waals surface area contributed by atoms with E-state index in [9.17, 15) is 8.42 Å². The molecule has 1 saturated heterocycles. The Morgan fingerprint density at radius 1 is 0.919 bits per heavy atom. The molecule has 3 N–H and O–H groups in total. The Hall–Kier alpha value is -3.17. The summed E-state index contributed by atoms with van der Waals surface area (Å²) >= 11 is 0. The standard InChI is InChI=1S/C28H38N6O2S/c1-19-7-10-24(17-25(19)33-37(35,36)28(3,4)5)30-26-20(2)18-29-27(32-26)31-23-11-8-21(9-12-23)22-13-15-34(6)16-14-22/h7-12,17-18,22,33H,13-16H2,1-6H3,(H2,29,30,31,32). The van der Waals surface area contributed by atoms with E-state index in [4.69, 9.17) is 0 Å². The van der Waals surface area contributed by atoms with Gasteiger partial charge in [-0.1, -0.05) is 18.2 Å². The predicted molar refractivity (Wildman–Crippen MR) is 153 cm³/mol. The van der Waals surface area contributed by atoms with Crippen LogP contribution in [0.3, 0.4) is 0 Å². The summed E-state index contributed by atoms with van der Waals surface area (Å²) in [6.45, 7) is 11.1. The molecule has 0 atom stereocenters. The lowest BCUT2D eigenvalue weighted by Crippen LogP contribution is -2.33. The zero-order chi connectivity index (χ0) is 26.8. The number of nitrogens with one attached hydrogen (secondary N) is 3. The first-order valence-corrected chi connectivity index (χ1v) is 14.2. The number of aryl methyl sites for hydroxylation is 2. The molecule has 0 spiro atoms. The molecule has 1 fully saturated rings. The maximum absolute atomic E-state index is 12.7. The normalized spacial score (nSPS) is 15.4. The van der Waals surface area contributed by atoms with Gasteiger partial charge in [0.25, 0.3) is 0 Å². The summed E-state index contributed by atoms with van der Waals surface area (Å²) in [6.07, 6.45) is 4.15. The topological polar surface area (TPSA) is 99.2 Å². The van der Waals surface area contributed by atoms with Crippen molar-refractivity contribution in [2.75, 3.05) is 35.5 Å². The van der Waals surface area contributed by atoms with Gasteiger partial charge in [-0.25, -0.2) is 13.4 Å². The van der Waals surface area contributed by atoms with Gasteiger partial charge < -0.3 is 15.5 Å². The van der Waals surface area contributed by atoms with Crippen LogP contribution in [0.25, 0.3) is 0 Å². The fourth-order valence-electron chi connectivity index (χ4n) is 4.18. The van der Waals surface area contributed by atoms with Gasteiger partial charge in [-0.3, -0.25) is 4.72 Å². The quantitative estimate of drug-likeness (QED) is 0.354. The summed E-state index contributed by atoms with van der Waals surface area (Å²) in [6, 6.07) is 14.1. The number of rotatable bonds is 7. The third-order valence-corrected chi connectivity index (χ3v) is 8.98. The number of anilines is 5. The molecule has 1 aliphatic rings. The van der Waals surface area contributed by atoms with Gasteiger partial charge in [0, 0.05) is 23.1 Å². The summed E-state index contributed by atoms with van der Waals surface area (Å²) in [7, 11) is -1.36. The highest BCUT2D eigenvalue weighted by Crippen LogP contribution is 2.30. The SMILES string of the molecule is Cc1ccc(Nc2nc(Nc3ccc(C4CCN(C)CC4)cc3)ncc2C)cc1NS(=O)(=O)C(C)(C)C. The zero-order valence-electron chi connectivity index (χ0n) is 22.6. The van der Waals surface area contributed by atoms with Gasteiger partial charge in [-0.05, 0) is 109 Å². The first-order valence-electron chi connectivity index (χ1n) is 12.7. The molecule has 0 amide bonds. The van der Waals surface area contributed by atoms with Gasteiger partial charge >= 0.3 is 0 Å². The number of likely N-dealkylation sites (tertiary alicyclic amines) is 1. The molecule has 9 heteroatoms. The van der Waals surface area contributed by atoms with E-state index in [1.54, 1.807) is 33.0 Å². The summed E-state index contributed by atoms with van der Waals surface area (Å²) in [5, 5.41) is 6.62. The smallest absolute Gasteiger partial charge is 0.237 e. The molecule has 0 radical (unpaired) electrons. The van der Waals surface area contributed by atoms with Gasteiger partial charge in [0.1, 0.15) is 5.82 Å². The second kappa shape index (κ2) is 10.7. The summed E-state index contributed by atoms with van der Waals surface area (Å²) in [5.41, 5.74) is 5.29. The zero-order valence-corrected chi connectivity index (χ0v) is 23.4. The fourth-order valence-corrected chi connectivity index (χ4v) is 5.00. The molecule has 8 nitrogen and oxygen atoms in total. The number of aromatic nitrogens is 2. The molecular formula is C28H38N6O2S. The van der Waals surface area contributed by atoms with Crippen molar-refractivity contribution >= 4 is 38.9 Å². The van der Waals surface area contributed by atoms with Crippen molar-refractivity contribution in [1.29, 1.82) is 0 Å². The van der Waals surface area contributed by atoms with Crippen molar-refractivity contribution in [3.05, 3.63) is 65.4 Å². The Morgan fingerprint density at radius 3 is 2.22 bits per heavy atom. The average Bonchev–Trinajstić information content (AvgIpc) is 2.83. The molecule has 2 aromatic carbocycles. The highest BCUT2D eigenvalue weighted by molar-refractivity contribution is 7.94. The van der Waals surface area contributed by atoms with Crippen LogP contribution in [0.1, 0.15) is 56.2 Å². The molecule has 4 rings (SSSR count). The molecule has 2 heterocycles. The van der Waals surface area contributed by atoms with Crippen molar-refractivity contribution in [2.45, 2.75) is 58.1 Å². The van der Waals surface area contributed by atoms with E-state index in [2.05, 4.69) is 61.5 Å². The first kappa shape index (κ1) is 26.9. The minimum atomic E-state index is -3.54. The average molecular weight is 523 g/mol. The van der Waals surface area contributed by atoms with Crippen LogP contribution < -0.4 is 15.4 Å². The number of sulfonamides is 1. The molecule has 1 aromatic heterocycles. The summed E-state index contributed by atoms with van der Waals surface area (Å²) in [4.78, 5) is 11.5. The number of benzene rings is 2. The van der Waals surface area contributed by atoms with Crippen LogP contribution >= 0.6 is 0 Å². The fraction of sp³-hybridized carbons (Fsp3) is 0.429. The number of piperidine rings is 1. The van der Waals surface area contributed by atoms with Crippen LogP contribution in [0.15, 0.2) is 48.7 Å². The Kier molecular flexibility index (Phi) is 7.75. The van der Waals surface area contributed by atoms with Gasteiger partial charge in [0.2, 0.25) is 16.0 Å². The van der Waals surface area contributed by atoms with Crippen molar-refractivity contribution in [1.82, 2.24) is 14.9 Å². The third kappa shape index (κ3) is 6.59. The van der Waals surface area contributed by atoms with E-state index in [1.165, 1.54) is 18.4 Å². The molecule has 0 saturated carbocycles. The van der Waals surface area contributed by atoms with Gasteiger partial charge in [-0.2, -0.15) is 4.98 Å². The van der Waals surface area contributed by atoms with Crippen LogP contribution in [-0.2, 0) is 10.0 Å². The predicted octanol–water partition coefficient (Wildman–Crippen LogP) is 5.93. The van der Waals surface area contributed by atoms with Crippen molar-refractivity contribution in [3.63, 3.8) is 0 Å². The Labute approximate surface area is 221 Å². The van der Waals surface area contributed by atoms with Crippen molar-refractivity contribution < 1.29 is 8.42 Å². The molecule has 198 valence electrons. The third-order valence-electron chi connectivity index (χ3n) is 6.88. The van der Waals surface area contributed by atoms with E-state index >= 15 is 0 Å². The second-order valence-corrected chi connectivity index (χ2v) is 13.4. The minimum absolute atomic E-state index is 0.487. The molecular weight excluding hydrogens is 484 g/mol. The lowest BCUT2D eigenvalue weighted by Gasteiger charge is -2.29. The van der Waals surface area contributed by atoms with E-state index in [1.807, 2.05) is 26.0 Å². The highest BCUT2D eigenvalue weighted by Gasteiger charge is 2.29. The Bertz CT molecular complexity index is 1340. The van der Waals surface area contributed by atoms with Gasteiger partial charge in [-0.15, -0.1) is 0 Å². The van der Waals surface area contributed by atoms with Crippen molar-refractivity contribution in [2.24, 2.45) is 0 Å². The van der Waals surface area contributed by atoms with Crippen LogP contribution in [0.4, 0.5) is 28.8 Å². The molecule has 0 bridgehead atoms. The Morgan fingerprint density at radius 2 is 1.57 bits per heavy atom. The lowest BCUT2D eigenvalue weighted by molar-refractivity contribution is 0.255. The highest BCUT2D eigenvalue weighted by atomic mass is 32.2. The molecule has 37 heavy (non-hydrogen) atoms. The van der Waals surface area contributed by atoms with Crippen LogP contribution in [0.2, 0.25) is 0 Å². The van der Waals surface area contributed by atoms with Crippen LogP contribution in [-0.4, -0.2) is 48.2 Å². The Balaban J connectivity index is 1.48. The summed E-state index contributed by atoms with van der Waals surface area (Å²) < 4.78 is 27.2. The van der Waals surface area contributed by atoms with E-state index in [0.717, 1.165) is 35.6 Å². The van der Waals surface area contributed by atoms with Gasteiger partial charge in [0.05, 0.1) is 10.4 Å². The molecule has 3 aromatic rings. The van der Waals surface area contributed by atoms with Crippen LogP contribution in [0.5, 0.6) is 0 Å². The maximum atomic E-state index is 12.7. The first-order chi connectivity index (χ1) is 17.4. The van der Waals surface area contributed by atoms with Crippen LogP contribution in [0, 0.1) is 13.8 Å². The number of nitrogens with zero attached hydrogens (tertiary/aromatic N) is 3. The monoisotopic (exact) mass is 522 g/mol. The number of hydrogen-bond donors (Lipinski definition) is 3. The minimum Gasteiger partial charge on any atom is -0.340 e. The largest absolute Gasteiger partial charge is 0.340 e. The second-order valence-electron chi connectivity index (χ2n) is 10.9. The van der Waals surface area contributed by atoms with E-state index < -0.39 is 14.8 Å². The van der Waals surface area contributed by atoms with Gasteiger partial charge in [0.15, 0.2) is 0 Å².